The summed E-state index contributed by atoms with van der Waals surface area (Å²) in [5.41, 5.74) is 14.2. The molecule has 244 valence electrons. The zero-order chi connectivity index (χ0) is 34.4. The fourth-order valence-corrected chi connectivity index (χ4v) is 7.26. The lowest BCUT2D eigenvalue weighted by Gasteiger charge is -2.33. The molecule has 0 fully saturated rings. The van der Waals surface area contributed by atoms with Crippen LogP contribution in [0.3, 0.4) is 0 Å². The zero-order valence-electron chi connectivity index (χ0n) is 29.1. The molecule has 1 aliphatic carbocycles. The summed E-state index contributed by atoms with van der Waals surface area (Å²) in [5, 5.41) is 0. The van der Waals surface area contributed by atoms with Gasteiger partial charge in [-0.25, -0.2) is 9.97 Å². The van der Waals surface area contributed by atoms with Gasteiger partial charge in [-0.05, 0) is 120 Å². The lowest BCUT2D eigenvalue weighted by Crippen LogP contribution is -2.19. The first-order valence-electron chi connectivity index (χ1n) is 17.1. The van der Waals surface area contributed by atoms with E-state index in [1.165, 1.54) is 22.3 Å². The van der Waals surface area contributed by atoms with Gasteiger partial charge in [-0.1, -0.05) is 80.6 Å². The minimum atomic E-state index is -0.156. The predicted octanol–water partition coefficient (Wildman–Crippen LogP) is 11.7. The Kier molecular flexibility index (Phi) is 7.76. The Bertz CT molecular complexity index is 2310. The van der Waals surface area contributed by atoms with E-state index in [0.717, 1.165) is 62.3 Å². The summed E-state index contributed by atoms with van der Waals surface area (Å²) < 4.78 is 0. The summed E-state index contributed by atoms with van der Waals surface area (Å²) >= 11 is 0. The van der Waals surface area contributed by atoms with E-state index in [-0.39, 0.29) is 5.41 Å². The molecular formula is C45H39N5. The molecule has 0 N–H and O–H groups in total. The van der Waals surface area contributed by atoms with Crippen molar-refractivity contribution in [1.29, 1.82) is 0 Å². The van der Waals surface area contributed by atoms with Crippen molar-refractivity contribution < 1.29 is 0 Å². The zero-order valence-corrected chi connectivity index (χ0v) is 29.1. The molecule has 3 aromatic heterocycles. The number of anilines is 6. The second-order valence-corrected chi connectivity index (χ2v) is 13.7. The van der Waals surface area contributed by atoms with Crippen molar-refractivity contribution in [3.05, 3.63) is 174 Å². The van der Waals surface area contributed by atoms with Crippen LogP contribution in [0.1, 0.15) is 41.7 Å². The lowest BCUT2D eigenvalue weighted by atomic mass is 9.82. The lowest BCUT2D eigenvalue weighted by molar-refractivity contribution is 0.660. The first kappa shape index (κ1) is 31.2. The summed E-state index contributed by atoms with van der Waals surface area (Å²) in [5.74, 6) is 1.66. The highest BCUT2D eigenvalue weighted by molar-refractivity contribution is 5.98. The number of para-hydroxylation sites is 1. The molecule has 8 rings (SSSR count). The van der Waals surface area contributed by atoms with Gasteiger partial charge in [0.15, 0.2) is 0 Å². The standard InChI is InChI=1S/C45H39N5/c1-30-18-22-42(47-28-30)49(33-13-7-6-8-14-33)40-25-32(3)26-41(44(40)39-17-11-12-24-46-39)50(43-23-19-31(2)29-48-43)34-20-21-36-35-15-9-10-16-37(35)45(4,5)38(36)27-34/h6-29H,1-5H3. The maximum atomic E-state index is 5.05. The van der Waals surface area contributed by atoms with Crippen LogP contribution < -0.4 is 9.80 Å². The van der Waals surface area contributed by atoms with Crippen LogP contribution in [-0.4, -0.2) is 15.0 Å². The fraction of sp³-hybridized carbons (Fsp3) is 0.133. The van der Waals surface area contributed by atoms with Gasteiger partial charge in [0.25, 0.3) is 0 Å². The van der Waals surface area contributed by atoms with E-state index in [1.807, 2.05) is 30.7 Å². The molecule has 5 heteroatoms. The molecule has 0 radical (unpaired) electrons. The molecule has 5 nitrogen and oxygen atoms in total. The van der Waals surface area contributed by atoms with Crippen molar-refractivity contribution in [2.45, 2.75) is 40.0 Å². The van der Waals surface area contributed by atoms with E-state index in [1.54, 1.807) is 0 Å². The van der Waals surface area contributed by atoms with E-state index in [4.69, 9.17) is 15.0 Å². The van der Waals surface area contributed by atoms with Crippen LogP contribution in [0.15, 0.2) is 146 Å². The Hall–Kier alpha value is -6.07. The number of fused-ring (bicyclic) bond motifs is 3. The van der Waals surface area contributed by atoms with Gasteiger partial charge in [-0.15, -0.1) is 0 Å². The number of hydrogen-bond acceptors (Lipinski definition) is 5. The summed E-state index contributed by atoms with van der Waals surface area (Å²) in [6, 6.07) is 45.2. The van der Waals surface area contributed by atoms with Crippen LogP contribution >= 0.6 is 0 Å². The third kappa shape index (κ3) is 5.41. The van der Waals surface area contributed by atoms with Crippen LogP contribution in [0.25, 0.3) is 22.4 Å². The molecule has 0 bridgehead atoms. The van der Waals surface area contributed by atoms with Gasteiger partial charge in [0.05, 0.1) is 17.1 Å². The van der Waals surface area contributed by atoms with Crippen LogP contribution in [0.5, 0.6) is 0 Å². The molecule has 7 aromatic rings. The Morgan fingerprint density at radius 3 is 1.70 bits per heavy atom. The molecule has 4 aromatic carbocycles. The summed E-state index contributed by atoms with van der Waals surface area (Å²) in [7, 11) is 0. The monoisotopic (exact) mass is 649 g/mol. The SMILES string of the molecule is Cc1ccc(N(c2ccccc2)c2cc(C)cc(N(c3ccc4c(c3)C(C)(C)c3ccccc3-4)c3ccc(C)cn3)c2-c2ccccn2)nc1. The number of rotatable bonds is 7. The van der Waals surface area contributed by atoms with Gasteiger partial charge in [0.1, 0.15) is 11.6 Å². The highest BCUT2D eigenvalue weighted by atomic mass is 15.2. The number of pyridine rings is 3. The average molecular weight is 650 g/mol. The molecular weight excluding hydrogens is 611 g/mol. The summed E-state index contributed by atoms with van der Waals surface area (Å²) in [6.45, 7) is 11.0. The van der Waals surface area contributed by atoms with E-state index in [0.29, 0.717) is 0 Å². The summed E-state index contributed by atoms with van der Waals surface area (Å²) in [6.07, 6.45) is 5.73. The van der Waals surface area contributed by atoms with Crippen molar-refractivity contribution in [1.82, 2.24) is 15.0 Å². The predicted molar refractivity (Wildman–Crippen MR) is 206 cm³/mol. The van der Waals surface area contributed by atoms with Crippen LogP contribution in [0.4, 0.5) is 34.4 Å². The molecule has 50 heavy (non-hydrogen) atoms. The molecule has 1 aliphatic rings. The minimum Gasteiger partial charge on any atom is -0.294 e. The Balaban J connectivity index is 1.43. The van der Waals surface area contributed by atoms with Crippen LogP contribution in [0.2, 0.25) is 0 Å². The number of benzene rings is 4. The molecule has 3 heterocycles. The van der Waals surface area contributed by atoms with E-state index >= 15 is 0 Å². The van der Waals surface area contributed by atoms with Gasteiger partial charge in [-0.2, -0.15) is 0 Å². The maximum absolute atomic E-state index is 5.05. The highest BCUT2D eigenvalue weighted by Crippen LogP contribution is 2.52. The minimum absolute atomic E-state index is 0.156. The average Bonchev–Trinajstić information content (AvgIpc) is 3.36. The first-order chi connectivity index (χ1) is 24.3. The molecule has 0 saturated carbocycles. The highest BCUT2D eigenvalue weighted by Gasteiger charge is 2.36. The third-order valence-corrected chi connectivity index (χ3v) is 9.73. The van der Waals surface area contributed by atoms with Crippen LogP contribution in [-0.2, 0) is 5.41 Å². The van der Waals surface area contributed by atoms with Gasteiger partial charge in [-0.3, -0.25) is 14.8 Å². The molecule has 0 amide bonds. The number of aromatic nitrogens is 3. The second kappa shape index (κ2) is 12.4. The van der Waals surface area contributed by atoms with Crippen molar-refractivity contribution in [2.75, 3.05) is 9.80 Å². The third-order valence-electron chi connectivity index (χ3n) is 9.73. The van der Waals surface area contributed by atoms with Gasteiger partial charge in [0, 0.05) is 40.9 Å². The largest absolute Gasteiger partial charge is 0.294 e. The number of nitrogens with zero attached hydrogens (tertiary/aromatic N) is 5. The van der Waals surface area contributed by atoms with Gasteiger partial charge >= 0.3 is 0 Å². The molecule has 0 spiro atoms. The van der Waals surface area contributed by atoms with Crippen molar-refractivity contribution in [2.24, 2.45) is 0 Å². The first-order valence-corrected chi connectivity index (χ1v) is 17.1. The molecule has 0 saturated heterocycles. The molecule has 0 unspecified atom stereocenters. The van der Waals surface area contributed by atoms with E-state index in [2.05, 4.69) is 160 Å². The van der Waals surface area contributed by atoms with Crippen molar-refractivity contribution in [3.63, 3.8) is 0 Å². The Morgan fingerprint density at radius 2 is 1.08 bits per heavy atom. The smallest absolute Gasteiger partial charge is 0.137 e. The normalized spacial score (nSPS) is 12.7. The van der Waals surface area contributed by atoms with Crippen molar-refractivity contribution >= 4 is 34.4 Å². The second-order valence-electron chi connectivity index (χ2n) is 13.7. The number of aryl methyl sites for hydroxylation is 3. The fourth-order valence-electron chi connectivity index (χ4n) is 7.26. The van der Waals surface area contributed by atoms with Gasteiger partial charge < -0.3 is 0 Å². The Labute approximate surface area is 294 Å². The Morgan fingerprint density at radius 1 is 0.480 bits per heavy atom. The maximum Gasteiger partial charge on any atom is 0.137 e. The summed E-state index contributed by atoms with van der Waals surface area (Å²) in [4.78, 5) is 19.5. The van der Waals surface area contributed by atoms with Crippen LogP contribution in [0, 0.1) is 20.8 Å². The molecule has 0 atom stereocenters. The molecule has 0 aliphatic heterocycles. The van der Waals surface area contributed by atoms with Crippen molar-refractivity contribution in [3.8, 4) is 22.4 Å². The number of hydrogen-bond donors (Lipinski definition) is 0. The van der Waals surface area contributed by atoms with Gasteiger partial charge in [0.2, 0.25) is 0 Å². The van der Waals surface area contributed by atoms with E-state index in [9.17, 15) is 0 Å². The van der Waals surface area contributed by atoms with E-state index < -0.39 is 0 Å². The topological polar surface area (TPSA) is 45.2 Å². The quantitative estimate of drug-likeness (QED) is 0.172.